The summed E-state index contributed by atoms with van der Waals surface area (Å²) in [6.07, 6.45) is -0.117. The number of carbonyl (C=O) groups is 2. The number of carboxylic acid groups (broad SMARTS) is 1. The van der Waals surface area contributed by atoms with E-state index in [4.69, 9.17) is 16.6 Å². The van der Waals surface area contributed by atoms with Crippen molar-refractivity contribution in [2.24, 2.45) is 11.5 Å². The minimum atomic E-state index is -1.18. The number of rotatable bonds is 5. The number of esters is 1. The fourth-order valence-corrected chi connectivity index (χ4v) is 0.720. The van der Waals surface area contributed by atoms with Gasteiger partial charge in [0.05, 0.1) is 6.61 Å². The number of ether oxygens (including phenoxy) is 1. The maximum atomic E-state index is 10.9. The lowest BCUT2D eigenvalue weighted by Gasteiger charge is -2.12. The molecule has 2 unspecified atom stereocenters. The summed E-state index contributed by atoms with van der Waals surface area (Å²) in [5.41, 5.74) is 10.5. The van der Waals surface area contributed by atoms with Crippen LogP contribution in [0.15, 0.2) is 0 Å². The Labute approximate surface area is 75.8 Å². The number of nitrogens with two attached hydrogens (primary N) is 2. The lowest BCUT2D eigenvalue weighted by Crippen LogP contribution is -2.41. The first-order chi connectivity index (χ1) is 5.99. The summed E-state index contributed by atoms with van der Waals surface area (Å²) in [6, 6.07) is -2.09. The van der Waals surface area contributed by atoms with Crippen LogP contribution in [0.4, 0.5) is 0 Å². The van der Waals surface area contributed by atoms with Crippen LogP contribution in [0.25, 0.3) is 0 Å². The molecule has 0 heterocycles. The molecule has 0 saturated carbocycles. The van der Waals surface area contributed by atoms with Crippen LogP contribution in [-0.4, -0.2) is 35.7 Å². The first-order valence-electron chi connectivity index (χ1n) is 3.89. The minimum Gasteiger partial charge on any atom is -0.480 e. The molecule has 13 heavy (non-hydrogen) atoms. The number of aliphatic carboxylic acids is 1. The van der Waals surface area contributed by atoms with Gasteiger partial charge in [0.1, 0.15) is 12.1 Å². The second kappa shape index (κ2) is 5.50. The van der Waals surface area contributed by atoms with Crippen molar-refractivity contribution in [3.05, 3.63) is 0 Å². The van der Waals surface area contributed by atoms with E-state index >= 15 is 0 Å². The average molecular weight is 190 g/mol. The molecule has 0 spiro atoms. The van der Waals surface area contributed by atoms with Crippen LogP contribution < -0.4 is 11.5 Å². The molecule has 0 saturated heterocycles. The molecule has 0 aliphatic rings. The number of hydrogen-bond acceptors (Lipinski definition) is 5. The highest BCUT2D eigenvalue weighted by Gasteiger charge is 2.21. The summed E-state index contributed by atoms with van der Waals surface area (Å²) in [5, 5.41) is 8.41. The zero-order valence-corrected chi connectivity index (χ0v) is 7.40. The lowest BCUT2D eigenvalue weighted by molar-refractivity contribution is -0.145. The van der Waals surface area contributed by atoms with Crippen molar-refractivity contribution in [3.8, 4) is 0 Å². The summed E-state index contributed by atoms with van der Waals surface area (Å²) in [6.45, 7) is 1.86. The molecule has 0 aromatic heterocycles. The Kier molecular flexibility index (Phi) is 5.01. The van der Waals surface area contributed by atoms with Crippen LogP contribution in [0.3, 0.4) is 0 Å². The Morgan fingerprint density at radius 3 is 2.31 bits per heavy atom. The van der Waals surface area contributed by atoms with Gasteiger partial charge in [0, 0.05) is 0 Å². The van der Waals surface area contributed by atoms with Gasteiger partial charge >= 0.3 is 11.9 Å². The van der Waals surface area contributed by atoms with E-state index in [-0.39, 0.29) is 13.0 Å². The van der Waals surface area contributed by atoms with Crippen LogP contribution in [0.5, 0.6) is 0 Å². The molecule has 0 amide bonds. The van der Waals surface area contributed by atoms with E-state index in [1.165, 1.54) is 0 Å². The Morgan fingerprint density at radius 1 is 1.38 bits per heavy atom. The Balaban J connectivity index is 3.92. The molecule has 5 N–H and O–H groups in total. The molecule has 0 aliphatic heterocycles. The molecule has 76 valence electrons. The Morgan fingerprint density at radius 2 is 1.92 bits per heavy atom. The molecule has 2 atom stereocenters. The second-order valence-electron chi connectivity index (χ2n) is 2.54. The van der Waals surface area contributed by atoms with Crippen molar-refractivity contribution in [3.63, 3.8) is 0 Å². The molecular weight excluding hydrogens is 176 g/mol. The largest absolute Gasteiger partial charge is 0.480 e. The van der Waals surface area contributed by atoms with Gasteiger partial charge in [-0.3, -0.25) is 9.59 Å². The van der Waals surface area contributed by atoms with Crippen molar-refractivity contribution in [2.75, 3.05) is 6.61 Å². The van der Waals surface area contributed by atoms with Gasteiger partial charge in [-0.2, -0.15) is 0 Å². The van der Waals surface area contributed by atoms with Gasteiger partial charge in [-0.1, -0.05) is 0 Å². The van der Waals surface area contributed by atoms with E-state index in [9.17, 15) is 9.59 Å². The van der Waals surface area contributed by atoms with E-state index < -0.39 is 24.0 Å². The summed E-state index contributed by atoms with van der Waals surface area (Å²) < 4.78 is 4.57. The predicted molar refractivity (Wildman–Crippen MR) is 44.8 cm³/mol. The highest BCUT2D eigenvalue weighted by Crippen LogP contribution is 1.96. The van der Waals surface area contributed by atoms with Gasteiger partial charge < -0.3 is 21.3 Å². The number of carbonyl (C=O) groups excluding carboxylic acids is 1. The molecule has 0 rings (SSSR count). The standard InChI is InChI=1S/C7H14N2O4/c1-2-13-7(12)5(9)3-4(8)6(10)11/h4-5H,2-3,8-9H2,1H3,(H,10,11). The molecule has 0 aromatic carbocycles. The average Bonchev–Trinajstić information content (AvgIpc) is 2.04. The molecule has 0 fully saturated rings. The van der Waals surface area contributed by atoms with E-state index in [1.54, 1.807) is 6.92 Å². The zero-order chi connectivity index (χ0) is 10.4. The lowest BCUT2D eigenvalue weighted by atomic mass is 10.1. The summed E-state index contributed by atoms with van der Waals surface area (Å²) in [5.74, 6) is -1.81. The van der Waals surface area contributed by atoms with Crippen molar-refractivity contribution < 1.29 is 19.4 Å². The quantitative estimate of drug-likeness (QED) is 0.463. The van der Waals surface area contributed by atoms with Gasteiger partial charge in [0.25, 0.3) is 0 Å². The van der Waals surface area contributed by atoms with Crippen molar-refractivity contribution >= 4 is 11.9 Å². The van der Waals surface area contributed by atoms with Crippen LogP contribution >= 0.6 is 0 Å². The molecule has 0 radical (unpaired) electrons. The van der Waals surface area contributed by atoms with Crippen molar-refractivity contribution in [2.45, 2.75) is 25.4 Å². The van der Waals surface area contributed by atoms with Crippen LogP contribution in [0.1, 0.15) is 13.3 Å². The SMILES string of the molecule is CCOC(=O)C(N)CC(N)C(=O)O. The van der Waals surface area contributed by atoms with E-state index in [1.807, 2.05) is 0 Å². The van der Waals surface area contributed by atoms with Crippen molar-refractivity contribution in [1.29, 1.82) is 0 Å². The molecule has 0 aliphatic carbocycles. The van der Waals surface area contributed by atoms with E-state index in [0.717, 1.165) is 0 Å². The highest BCUT2D eigenvalue weighted by atomic mass is 16.5. The number of hydrogen-bond donors (Lipinski definition) is 3. The molecular formula is C7H14N2O4. The maximum Gasteiger partial charge on any atom is 0.322 e. The van der Waals surface area contributed by atoms with Gasteiger partial charge in [0.2, 0.25) is 0 Å². The van der Waals surface area contributed by atoms with Gasteiger partial charge in [0.15, 0.2) is 0 Å². The van der Waals surface area contributed by atoms with Gasteiger partial charge in [-0.15, -0.1) is 0 Å². The smallest absolute Gasteiger partial charge is 0.322 e. The molecule has 0 bridgehead atoms. The molecule has 0 aromatic rings. The molecule has 6 nitrogen and oxygen atoms in total. The van der Waals surface area contributed by atoms with Crippen molar-refractivity contribution in [1.82, 2.24) is 0 Å². The maximum absolute atomic E-state index is 10.9. The minimum absolute atomic E-state index is 0.117. The van der Waals surface area contributed by atoms with Gasteiger partial charge in [-0.25, -0.2) is 0 Å². The number of carboxylic acids is 1. The predicted octanol–water partition coefficient (Wildman–Crippen LogP) is -1.32. The first kappa shape index (κ1) is 11.9. The van der Waals surface area contributed by atoms with Crippen LogP contribution in [-0.2, 0) is 14.3 Å². The van der Waals surface area contributed by atoms with E-state index in [0.29, 0.717) is 0 Å². The fourth-order valence-electron chi connectivity index (χ4n) is 0.720. The summed E-state index contributed by atoms with van der Waals surface area (Å²) >= 11 is 0. The van der Waals surface area contributed by atoms with E-state index in [2.05, 4.69) is 4.74 Å². The monoisotopic (exact) mass is 190 g/mol. The molecule has 6 heteroatoms. The normalized spacial score (nSPS) is 14.7. The third-order valence-corrected chi connectivity index (χ3v) is 1.41. The topological polar surface area (TPSA) is 116 Å². The second-order valence-corrected chi connectivity index (χ2v) is 2.54. The van der Waals surface area contributed by atoms with Crippen LogP contribution in [0, 0.1) is 0 Å². The third kappa shape index (κ3) is 4.44. The summed E-state index contributed by atoms with van der Waals surface area (Å²) in [7, 11) is 0. The summed E-state index contributed by atoms with van der Waals surface area (Å²) in [4.78, 5) is 21.2. The van der Waals surface area contributed by atoms with Crippen LogP contribution in [0.2, 0.25) is 0 Å². The third-order valence-electron chi connectivity index (χ3n) is 1.41. The highest BCUT2D eigenvalue weighted by molar-refractivity contribution is 5.78. The van der Waals surface area contributed by atoms with Gasteiger partial charge in [-0.05, 0) is 13.3 Å². The first-order valence-corrected chi connectivity index (χ1v) is 3.89. The zero-order valence-electron chi connectivity index (χ0n) is 7.40. The fraction of sp³-hybridized carbons (Fsp3) is 0.714. The Hall–Kier alpha value is -1.14. The Bertz CT molecular complexity index is 195.